The Morgan fingerprint density at radius 1 is 0.786 bits per heavy atom. The Morgan fingerprint density at radius 2 is 1.50 bits per heavy atom. The molecule has 0 saturated heterocycles. The fraction of sp³-hybridized carbons (Fsp3) is 0.963. The molecule has 0 aromatic heterocycles. The summed E-state index contributed by atoms with van der Waals surface area (Å²) in [6, 6.07) is 2.79. The van der Waals surface area contributed by atoms with Crippen molar-refractivity contribution in [3.8, 4) is 6.07 Å². The van der Waals surface area contributed by atoms with Gasteiger partial charge in [-0.05, 0) is 106 Å². The number of nitrogens with zero attached hydrogens (tertiary/aromatic N) is 1. The number of hydrogen-bond donors (Lipinski definition) is 0. The Morgan fingerprint density at radius 3 is 2.21 bits per heavy atom. The maximum atomic E-state index is 9.90. The van der Waals surface area contributed by atoms with Crippen LogP contribution in [0.3, 0.4) is 0 Å². The van der Waals surface area contributed by atoms with Crippen LogP contribution < -0.4 is 0 Å². The summed E-state index contributed by atoms with van der Waals surface area (Å²) in [6.45, 7) is 4.60. The molecule has 1 heteroatoms. The first-order chi connectivity index (χ1) is 13.7. The molecule has 4 saturated carbocycles. The molecule has 0 heterocycles. The highest BCUT2D eigenvalue weighted by molar-refractivity contribution is 5.07. The normalized spacial score (nSPS) is 45.4. The van der Waals surface area contributed by atoms with E-state index in [0.717, 1.165) is 47.8 Å². The zero-order chi connectivity index (χ0) is 19.6. The van der Waals surface area contributed by atoms with Crippen molar-refractivity contribution in [1.82, 2.24) is 0 Å². The van der Waals surface area contributed by atoms with Crippen LogP contribution in [0.1, 0.15) is 117 Å². The third kappa shape index (κ3) is 4.04. The zero-order valence-electron chi connectivity index (χ0n) is 18.8. The molecular weight excluding hydrogens is 338 g/mol. The molecule has 4 rings (SSSR count). The fourth-order valence-corrected chi connectivity index (χ4v) is 8.71. The second-order valence-corrected chi connectivity index (χ2v) is 11.4. The highest BCUT2D eigenvalue weighted by Gasteiger charge is 2.51. The Bertz CT molecular complexity index is 547. The van der Waals surface area contributed by atoms with Crippen LogP contribution >= 0.6 is 0 Å². The molecule has 4 aliphatic carbocycles. The van der Waals surface area contributed by atoms with Crippen LogP contribution in [-0.4, -0.2) is 0 Å². The first-order valence-electron chi connectivity index (χ1n) is 13.1. The van der Waals surface area contributed by atoms with E-state index in [4.69, 9.17) is 0 Å². The lowest BCUT2D eigenvalue weighted by atomic mass is 9.48. The third-order valence-corrected chi connectivity index (χ3v) is 9.94. The van der Waals surface area contributed by atoms with Gasteiger partial charge in [-0.25, -0.2) is 0 Å². The van der Waals surface area contributed by atoms with Gasteiger partial charge in [-0.3, -0.25) is 0 Å². The molecule has 0 N–H and O–H groups in total. The molecule has 0 radical (unpaired) electrons. The van der Waals surface area contributed by atoms with Crippen molar-refractivity contribution in [2.45, 2.75) is 117 Å². The summed E-state index contributed by atoms with van der Waals surface area (Å²) < 4.78 is 0. The predicted octanol–water partition coefficient (Wildman–Crippen LogP) is 8.15. The number of hydrogen-bond acceptors (Lipinski definition) is 1. The molecule has 8 atom stereocenters. The molecule has 0 amide bonds. The highest BCUT2D eigenvalue weighted by atomic mass is 14.6. The first-order valence-corrected chi connectivity index (χ1v) is 13.1. The van der Waals surface area contributed by atoms with Crippen LogP contribution in [0.4, 0.5) is 0 Å². The summed E-state index contributed by atoms with van der Waals surface area (Å²) in [6.07, 6.45) is 22.6. The molecule has 4 aliphatic rings. The van der Waals surface area contributed by atoms with E-state index in [-0.39, 0.29) is 5.41 Å². The minimum atomic E-state index is 0.0382. The van der Waals surface area contributed by atoms with Crippen LogP contribution in [0.25, 0.3) is 0 Å². The van der Waals surface area contributed by atoms with Crippen molar-refractivity contribution in [1.29, 1.82) is 5.26 Å². The minimum Gasteiger partial charge on any atom is -0.198 e. The van der Waals surface area contributed by atoms with E-state index in [1.54, 1.807) is 12.8 Å². The van der Waals surface area contributed by atoms with E-state index in [9.17, 15) is 5.26 Å². The summed E-state index contributed by atoms with van der Waals surface area (Å²) in [5, 5.41) is 9.90. The van der Waals surface area contributed by atoms with E-state index < -0.39 is 0 Å². The fourth-order valence-electron chi connectivity index (χ4n) is 8.71. The SMILES string of the molecule is CCCCC[C@@H]1CCC2C(CCC3C4CC[C@](C#N)(CCC)CC4CCC23)C1. The lowest BCUT2D eigenvalue weighted by Gasteiger charge is -2.56. The Balaban J connectivity index is 1.36. The van der Waals surface area contributed by atoms with Gasteiger partial charge in [-0.15, -0.1) is 0 Å². The van der Waals surface area contributed by atoms with Gasteiger partial charge < -0.3 is 0 Å². The molecule has 6 unspecified atom stereocenters. The summed E-state index contributed by atoms with van der Waals surface area (Å²) >= 11 is 0. The van der Waals surface area contributed by atoms with Crippen LogP contribution in [0.15, 0.2) is 0 Å². The summed E-state index contributed by atoms with van der Waals surface area (Å²) in [5.41, 5.74) is 0.0382. The third-order valence-electron chi connectivity index (χ3n) is 9.94. The van der Waals surface area contributed by atoms with Gasteiger partial charge in [0.15, 0.2) is 0 Å². The van der Waals surface area contributed by atoms with E-state index in [1.165, 1.54) is 83.5 Å². The standard InChI is InChI=1S/C27H45N/c1-3-5-6-7-20-8-11-23-21(17-20)9-12-26-24-14-16-27(19-28,15-4-2)18-22(24)10-13-25(23)26/h20-26H,3-18H2,1-2H3/t20-,21?,22?,23?,24?,25?,26?,27-/m1/s1. The number of fused-ring (bicyclic) bond motifs is 5. The number of unbranched alkanes of at least 4 members (excludes halogenated alkanes) is 2. The van der Waals surface area contributed by atoms with Crippen molar-refractivity contribution in [3.05, 3.63) is 0 Å². The van der Waals surface area contributed by atoms with Crippen LogP contribution in [-0.2, 0) is 0 Å². The van der Waals surface area contributed by atoms with E-state index in [0.29, 0.717) is 0 Å². The molecule has 158 valence electrons. The number of rotatable bonds is 6. The molecule has 4 fully saturated rings. The maximum absolute atomic E-state index is 9.90. The molecule has 0 bridgehead atoms. The molecular formula is C27H45N. The van der Waals surface area contributed by atoms with Crippen LogP contribution in [0.5, 0.6) is 0 Å². The molecule has 0 aromatic rings. The van der Waals surface area contributed by atoms with E-state index >= 15 is 0 Å². The monoisotopic (exact) mass is 383 g/mol. The minimum absolute atomic E-state index is 0.0382. The average Bonchev–Trinajstić information content (AvgIpc) is 2.73. The van der Waals surface area contributed by atoms with Crippen molar-refractivity contribution < 1.29 is 0 Å². The van der Waals surface area contributed by atoms with Crippen LogP contribution in [0.2, 0.25) is 0 Å². The van der Waals surface area contributed by atoms with E-state index in [2.05, 4.69) is 19.9 Å². The summed E-state index contributed by atoms with van der Waals surface area (Å²) in [5.74, 6) is 7.12. The van der Waals surface area contributed by atoms with Crippen molar-refractivity contribution in [3.63, 3.8) is 0 Å². The predicted molar refractivity (Wildman–Crippen MR) is 118 cm³/mol. The molecule has 0 aromatic carbocycles. The molecule has 0 spiro atoms. The molecule has 1 nitrogen and oxygen atoms in total. The van der Waals surface area contributed by atoms with Gasteiger partial charge in [0.1, 0.15) is 0 Å². The molecule has 0 aliphatic heterocycles. The van der Waals surface area contributed by atoms with Gasteiger partial charge in [-0.2, -0.15) is 5.26 Å². The van der Waals surface area contributed by atoms with Gasteiger partial charge in [-0.1, -0.05) is 52.4 Å². The second-order valence-electron chi connectivity index (χ2n) is 11.4. The first kappa shape index (κ1) is 20.8. The average molecular weight is 384 g/mol. The smallest absolute Gasteiger partial charge is 0.0689 e. The second kappa shape index (κ2) is 9.10. The van der Waals surface area contributed by atoms with Gasteiger partial charge >= 0.3 is 0 Å². The Kier molecular flexibility index (Phi) is 6.74. The van der Waals surface area contributed by atoms with Gasteiger partial charge in [0.05, 0.1) is 11.5 Å². The maximum Gasteiger partial charge on any atom is 0.0689 e. The quantitative estimate of drug-likeness (QED) is 0.424. The van der Waals surface area contributed by atoms with Gasteiger partial charge in [0.25, 0.3) is 0 Å². The lowest BCUT2D eigenvalue weighted by Crippen LogP contribution is -2.48. The molecule has 28 heavy (non-hydrogen) atoms. The topological polar surface area (TPSA) is 23.8 Å². The largest absolute Gasteiger partial charge is 0.198 e. The Labute approximate surface area is 175 Å². The van der Waals surface area contributed by atoms with Crippen molar-refractivity contribution in [2.24, 2.45) is 46.8 Å². The van der Waals surface area contributed by atoms with Gasteiger partial charge in [0.2, 0.25) is 0 Å². The van der Waals surface area contributed by atoms with Crippen LogP contribution in [0, 0.1) is 58.2 Å². The van der Waals surface area contributed by atoms with Crippen molar-refractivity contribution in [2.75, 3.05) is 0 Å². The summed E-state index contributed by atoms with van der Waals surface area (Å²) in [7, 11) is 0. The van der Waals surface area contributed by atoms with Crippen molar-refractivity contribution >= 4 is 0 Å². The Hall–Kier alpha value is -0.510. The van der Waals surface area contributed by atoms with E-state index in [1.807, 2.05) is 0 Å². The number of nitriles is 1. The zero-order valence-corrected chi connectivity index (χ0v) is 18.8. The van der Waals surface area contributed by atoms with Gasteiger partial charge in [0, 0.05) is 0 Å². The summed E-state index contributed by atoms with van der Waals surface area (Å²) in [4.78, 5) is 0. The lowest BCUT2D eigenvalue weighted by molar-refractivity contribution is -0.0637. The highest BCUT2D eigenvalue weighted by Crippen LogP contribution is 2.60.